The van der Waals surface area contributed by atoms with E-state index in [1.165, 1.54) is 24.1 Å². The number of aromatic nitrogens is 2. The molecule has 0 atom stereocenters. The molecule has 2 aromatic carbocycles. The van der Waals surface area contributed by atoms with Crippen LogP contribution in [0.3, 0.4) is 0 Å². The highest BCUT2D eigenvalue weighted by molar-refractivity contribution is 7.91. The topological polar surface area (TPSA) is 103 Å². The van der Waals surface area contributed by atoms with E-state index in [-0.39, 0.29) is 47.9 Å². The molecular weight excluding hydrogens is 506 g/mol. The van der Waals surface area contributed by atoms with E-state index >= 15 is 4.39 Å². The highest BCUT2D eigenvalue weighted by Gasteiger charge is 2.38. The summed E-state index contributed by atoms with van der Waals surface area (Å²) >= 11 is 0. The maximum absolute atomic E-state index is 15.0. The maximum atomic E-state index is 15.0. The summed E-state index contributed by atoms with van der Waals surface area (Å²) in [6.07, 6.45) is -4.51. The lowest BCUT2D eigenvalue weighted by Crippen LogP contribution is -2.39. The second-order valence-electron chi connectivity index (χ2n) is 8.26. The van der Waals surface area contributed by atoms with Crippen molar-refractivity contribution in [1.82, 2.24) is 10.2 Å². The Balaban J connectivity index is 1.61. The Kier molecular flexibility index (Phi) is 7.03. The quantitative estimate of drug-likeness (QED) is 0.442. The van der Waals surface area contributed by atoms with E-state index in [0.29, 0.717) is 11.4 Å². The van der Waals surface area contributed by atoms with Crippen LogP contribution in [0, 0.1) is 11.7 Å². The van der Waals surface area contributed by atoms with Crippen LogP contribution in [0.5, 0.6) is 5.75 Å². The first-order chi connectivity index (χ1) is 17.0. The lowest BCUT2D eigenvalue weighted by Gasteiger charge is -2.30. The van der Waals surface area contributed by atoms with Gasteiger partial charge in [-0.2, -0.15) is 13.2 Å². The molecule has 0 radical (unpaired) electrons. The van der Waals surface area contributed by atoms with Gasteiger partial charge in [0.2, 0.25) is 11.8 Å². The molecule has 1 fully saturated rings. The van der Waals surface area contributed by atoms with Crippen LogP contribution in [0.15, 0.2) is 46.9 Å². The predicted octanol–water partition coefficient (Wildman–Crippen LogP) is 4.26. The highest BCUT2D eigenvalue weighted by Crippen LogP contribution is 2.32. The number of hydrogen-bond acceptors (Lipinski definition) is 7. The normalized spacial score (nSPS) is 16.0. The largest absolute Gasteiger partial charge is 0.497 e. The molecule has 192 valence electrons. The Morgan fingerprint density at radius 1 is 1.11 bits per heavy atom. The fraction of sp³-hybridized carbons (Fsp3) is 0.348. The number of amides is 1. The zero-order valence-corrected chi connectivity index (χ0v) is 19.8. The van der Waals surface area contributed by atoms with Crippen molar-refractivity contribution in [2.75, 3.05) is 23.5 Å². The van der Waals surface area contributed by atoms with Crippen LogP contribution < -0.4 is 9.64 Å². The van der Waals surface area contributed by atoms with Crippen LogP contribution >= 0.6 is 0 Å². The van der Waals surface area contributed by atoms with E-state index in [4.69, 9.17) is 4.74 Å². The molecule has 1 aliphatic rings. The van der Waals surface area contributed by atoms with E-state index in [9.17, 15) is 26.4 Å². The van der Waals surface area contributed by atoms with E-state index in [1.54, 1.807) is 24.3 Å². The standard InChI is InChI=1S/C23H21F4N3O5S/c1-34-18-6-4-17(5-7-18)30(21(31)14-8-10-36(32,33)11-9-14)13-16-3-2-15(12-19(16)24)20-28-29-22(35-20)23(25,26)27/h2-7,12,14H,8-11,13H2,1H3. The first kappa shape index (κ1) is 25.6. The van der Waals surface area contributed by atoms with E-state index in [0.717, 1.165) is 6.07 Å². The zero-order chi connectivity index (χ0) is 26.1. The number of benzene rings is 2. The van der Waals surface area contributed by atoms with Gasteiger partial charge < -0.3 is 14.1 Å². The fourth-order valence-electron chi connectivity index (χ4n) is 3.85. The van der Waals surface area contributed by atoms with Gasteiger partial charge in [0, 0.05) is 22.7 Å². The Hall–Kier alpha value is -3.48. The van der Waals surface area contributed by atoms with Gasteiger partial charge in [-0.25, -0.2) is 12.8 Å². The van der Waals surface area contributed by atoms with E-state index < -0.39 is 39.5 Å². The number of halogens is 4. The molecule has 0 aliphatic carbocycles. The molecule has 0 spiro atoms. The van der Waals surface area contributed by atoms with Crippen LogP contribution in [0.1, 0.15) is 24.3 Å². The summed E-state index contributed by atoms with van der Waals surface area (Å²) in [5.74, 6) is -3.42. The predicted molar refractivity (Wildman–Crippen MR) is 120 cm³/mol. The van der Waals surface area contributed by atoms with Crippen LogP contribution in [0.4, 0.5) is 23.2 Å². The van der Waals surface area contributed by atoms with E-state index in [2.05, 4.69) is 14.6 Å². The first-order valence-corrected chi connectivity index (χ1v) is 12.6. The average Bonchev–Trinajstić information content (AvgIpc) is 3.34. The highest BCUT2D eigenvalue weighted by atomic mass is 32.2. The van der Waals surface area contributed by atoms with Crippen molar-refractivity contribution in [2.45, 2.75) is 25.6 Å². The minimum atomic E-state index is -4.83. The number of alkyl halides is 3. The third kappa shape index (κ3) is 5.66. The summed E-state index contributed by atoms with van der Waals surface area (Å²) in [7, 11) is -1.71. The van der Waals surface area contributed by atoms with Crippen molar-refractivity contribution in [3.8, 4) is 17.2 Å². The van der Waals surface area contributed by atoms with E-state index in [1.807, 2.05) is 0 Å². The summed E-state index contributed by atoms with van der Waals surface area (Å²) in [5.41, 5.74) is 0.477. The Bertz CT molecular complexity index is 1340. The number of sulfone groups is 1. The van der Waals surface area contributed by atoms with Gasteiger partial charge in [0.05, 0.1) is 25.2 Å². The molecule has 2 heterocycles. The fourth-order valence-corrected chi connectivity index (χ4v) is 5.34. The smallest absolute Gasteiger partial charge is 0.470 e. The van der Waals surface area contributed by atoms with Gasteiger partial charge in [0.1, 0.15) is 21.4 Å². The third-order valence-electron chi connectivity index (χ3n) is 5.85. The van der Waals surface area contributed by atoms with Gasteiger partial charge in [-0.3, -0.25) is 4.79 Å². The first-order valence-electron chi connectivity index (χ1n) is 10.8. The Labute approximate surface area is 203 Å². The summed E-state index contributed by atoms with van der Waals surface area (Å²) in [6, 6.07) is 10.1. The van der Waals surface area contributed by atoms with Crippen molar-refractivity contribution < 1.29 is 39.9 Å². The molecule has 1 aliphatic heterocycles. The molecule has 8 nitrogen and oxygen atoms in total. The summed E-state index contributed by atoms with van der Waals surface area (Å²) in [6.45, 7) is -0.196. The molecule has 0 bridgehead atoms. The summed E-state index contributed by atoms with van der Waals surface area (Å²) in [5, 5.41) is 6.25. The minimum absolute atomic E-state index is 0.0564. The van der Waals surface area contributed by atoms with Gasteiger partial charge >= 0.3 is 12.1 Å². The van der Waals surface area contributed by atoms with Crippen molar-refractivity contribution >= 4 is 21.4 Å². The lowest BCUT2D eigenvalue weighted by molar-refractivity contribution is -0.157. The maximum Gasteiger partial charge on any atom is 0.470 e. The summed E-state index contributed by atoms with van der Waals surface area (Å²) in [4.78, 5) is 14.8. The zero-order valence-electron chi connectivity index (χ0n) is 19.0. The van der Waals surface area contributed by atoms with Gasteiger partial charge in [0.15, 0.2) is 0 Å². The van der Waals surface area contributed by atoms with Crippen molar-refractivity contribution in [2.24, 2.45) is 5.92 Å². The van der Waals surface area contributed by atoms with Crippen LogP contribution in [-0.4, -0.2) is 43.1 Å². The number of hydrogen-bond donors (Lipinski definition) is 0. The molecular formula is C23H21F4N3O5S. The third-order valence-corrected chi connectivity index (χ3v) is 7.57. The SMILES string of the molecule is COc1ccc(N(Cc2ccc(-c3nnc(C(F)(F)F)o3)cc2F)C(=O)C2CCS(=O)(=O)CC2)cc1. The molecule has 4 rings (SSSR count). The minimum Gasteiger partial charge on any atom is -0.497 e. The van der Waals surface area contributed by atoms with Crippen LogP contribution in [-0.2, 0) is 27.4 Å². The number of carbonyl (C=O) groups is 1. The Morgan fingerprint density at radius 2 is 1.78 bits per heavy atom. The number of nitrogens with zero attached hydrogens (tertiary/aromatic N) is 3. The molecule has 1 saturated heterocycles. The lowest BCUT2D eigenvalue weighted by atomic mass is 10.00. The molecule has 1 amide bonds. The number of rotatable bonds is 6. The van der Waals surface area contributed by atoms with Crippen molar-refractivity contribution in [3.63, 3.8) is 0 Å². The monoisotopic (exact) mass is 527 g/mol. The second kappa shape index (κ2) is 9.88. The van der Waals surface area contributed by atoms with Crippen LogP contribution in [0.25, 0.3) is 11.5 Å². The molecule has 3 aromatic rings. The van der Waals surface area contributed by atoms with Gasteiger partial charge in [0.25, 0.3) is 0 Å². The van der Waals surface area contributed by atoms with Gasteiger partial charge in [-0.05, 0) is 49.2 Å². The van der Waals surface area contributed by atoms with Gasteiger partial charge in [-0.15, -0.1) is 10.2 Å². The van der Waals surface area contributed by atoms with Gasteiger partial charge in [-0.1, -0.05) is 6.07 Å². The molecule has 13 heteroatoms. The molecule has 36 heavy (non-hydrogen) atoms. The van der Waals surface area contributed by atoms with Crippen molar-refractivity contribution in [1.29, 1.82) is 0 Å². The molecule has 0 unspecified atom stereocenters. The number of carbonyl (C=O) groups excluding carboxylic acids is 1. The number of anilines is 1. The van der Waals surface area contributed by atoms with Crippen molar-refractivity contribution in [3.05, 3.63) is 59.7 Å². The Morgan fingerprint density at radius 3 is 2.33 bits per heavy atom. The average molecular weight is 527 g/mol. The second-order valence-corrected chi connectivity index (χ2v) is 10.6. The number of ether oxygens (including phenoxy) is 1. The van der Waals surface area contributed by atoms with Crippen LogP contribution in [0.2, 0.25) is 0 Å². The molecule has 0 N–H and O–H groups in total. The molecule has 0 saturated carbocycles. The summed E-state index contributed by atoms with van der Waals surface area (Å²) < 4.78 is 86.6. The molecule has 1 aromatic heterocycles. The number of methoxy groups -OCH3 is 1.